The van der Waals surface area contributed by atoms with Crippen molar-refractivity contribution < 1.29 is 9.53 Å². The third kappa shape index (κ3) is 2.84. The number of nitrogens with one attached hydrogen (secondary N) is 1. The van der Waals surface area contributed by atoms with Crippen LogP contribution < -0.4 is 10.1 Å². The molecule has 3 nitrogen and oxygen atoms in total. The predicted molar refractivity (Wildman–Crippen MR) is 115 cm³/mol. The highest BCUT2D eigenvalue weighted by Crippen LogP contribution is 2.58. The van der Waals surface area contributed by atoms with Crippen LogP contribution in [0.25, 0.3) is 0 Å². The molecule has 2 atom stereocenters. The zero-order valence-corrected chi connectivity index (χ0v) is 16.8. The molecular weight excluding hydrogens is 358 g/mol. The van der Waals surface area contributed by atoms with Crippen molar-refractivity contribution in [2.45, 2.75) is 25.7 Å². The van der Waals surface area contributed by atoms with Gasteiger partial charge in [-0.1, -0.05) is 55.5 Å². The first-order valence-electron chi connectivity index (χ1n) is 10.4. The van der Waals surface area contributed by atoms with Gasteiger partial charge in [0.25, 0.3) is 0 Å². The summed E-state index contributed by atoms with van der Waals surface area (Å²) < 4.78 is 5.50. The lowest BCUT2D eigenvalue weighted by Gasteiger charge is -2.49. The van der Waals surface area contributed by atoms with E-state index in [2.05, 4.69) is 60.8 Å². The van der Waals surface area contributed by atoms with Crippen LogP contribution >= 0.6 is 0 Å². The van der Waals surface area contributed by atoms with E-state index in [1.165, 1.54) is 22.3 Å². The molecule has 1 N–H and O–H groups in total. The molecule has 3 aliphatic rings. The number of anilines is 1. The molecule has 0 spiro atoms. The highest BCUT2D eigenvalue weighted by Gasteiger charge is 2.50. The molecule has 0 radical (unpaired) electrons. The second kappa shape index (κ2) is 7.07. The summed E-state index contributed by atoms with van der Waals surface area (Å²) in [5.74, 6) is 1.44. The summed E-state index contributed by atoms with van der Waals surface area (Å²) in [5, 5.41) is 3.16. The van der Waals surface area contributed by atoms with Gasteiger partial charge in [0.15, 0.2) is 0 Å². The molecule has 29 heavy (non-hydrogen) atoms. The van der Waals surface area contributed by atoms with E-state index < -0.39 is 0 Å². The Hall–Kier alpha value is -3.07. The maximum atomic E-state index is 13.5. The molecule has 0 saturated carbocycles. The first kappa shape index (κ1) is 18.0. The molecular formula is C26H25NO2. The van der Waals surface area contributed by atoms with Gasteiger partial charge in [-0.15, -0.1) is 0 Å². The van der Waals surface area contributed by atoms with Crippen LogP contribution in [0.15, 0.2) is 72.8 Å². The minimum absolute atomic E-state index is 0.0867. The number of benzene rings is 3. The standard InChI is InChI=1S/C26H25NO2/c1-3-29-18-14-12-17(13-15-18)27-26(28)24-16(2)23-19-8-4-6-10-21(19)25(24)22-11-7-5-9-20(22)23/h4-16,23-25H,3H2,1-2H3,(H,27,28)/t16-,23?,24-,25?/m0/s1. The van der Waals surface area contributed by atoms with Gasteiger partial charge in [-0.05, 0) is 59.4 Å². The molecule has 0 unspecified atom stereocenters. The lowest BCUT2D eigenvalue weighted by atomic mass is 9.54. The van der Waals surface area contributed by atoms with Gasteiger partial charge in [0.2, 0.25) is 5.91 Å². The van der Waals surface area contributed by atoms with Gasteiger partial charge in [0, 0.05) is 17.5 Å². The smallest absolute Gasteiger partial charge is 0.228 e. The highest BCUT2D eigenvalue weighted by molar-refractivity contribution is 5.94. The van der Waals surface area contributed by atoms with E-state index in [4.69, 9.17) is 4.74 Å². The molecule has 0 aliphatic heterocycles. The Morgan fingerprint density at radius 1 is 0.828 bits per heavy atom. The van der Waals surface area contributed by atoms with Crippen molar-refractivity contribution in [3.05, 3.63) is 95.1 Å². The fourth-order valence-corrected chi connectivity index (χ4v) is 5.37. The molecule has 146 valence electrons. The van der Waals surface area contributed by atoms with Crippen LogP contribution in [0.2, 0.25) is 0 Å². The molecule has 0 saturated heterocycles. The lowest BCUT2D eigenvalue weighted by molar-refractivity contribution is -0.122. The Balaban J connectivity index is 1.50. The van der Waals surface area contributed by atoms with E-state index in [0.29, 0.717) is 6.61 Å². The molecule has 3 aromatic carbocycles. The van der Waals surface area contributed by atoms with E-state index in [1.54, 1.807) is 0 Å². The number of carbonyl (C=O) groups is 1. The summed E-state index contributed by atoms with van der Waals surface area (Å²) in [4.78, 5) is 13.5. The number of hydrogen-bond acceptors (Lipinski definition) is 2. The fourth-order valence-electron chi connectivity index (χ4n) is 5.37. The normalized spacial score (nSPS) is 23.8. The van der Waals surface area contributed by atoms with Gasteiger partial charge >= 0.3 is 0 Å². The van der Waals surface area contributed by atoms with Crippen LogP contribution in [0.5, 0.6) is 5.75 Å². The van der Waals surface area contributed by atoms with Crippen molar-refractivity contribution in [2.75, 3.05) is 11.9 Å². The number of carbonyl (C=O) groups excluding carboxylic acids is 1. The van der Waals surface area contributed by atoms with E-state index in [9.17, 15) is 4.79 Å². The van der Waals surface area contributed by atoms with Crippen molar-refractivity contribution in [2.24, 2.45) is 11.8 Å². The van der Waals surface area contributed by atoms with Crippen molar-refractivity contribution in [3.63, 3.8) is 0 Å². The quantitative estimate of drug-likeness (QED) is 0.640. The van der Waals surface area contributed by atoms with E-state index in [0.717, 1.165) is 11.4 Å². The minimum Gasteiger partial charge on any atom is -0.494 e. The molecule has 0 heterocycles. The first-order chi connectivity index (χ1) is 14.2. The molecule has 3 aliphatic carbocycles. The minimum atomic E-state index is -0.0867. The molecule has 1 amide bonds. The molecule has 0 aromatic heterocycles. The largest absolute Gasteiger partial charge is 0.494 e. The van der Waals surface area contributed by atoms with Crippen molar-refractivity contribution in [1.82, 2.24) is 0 Å². The van der Waals surface area contributed by atoms with Crippen LogP contribution in [0.1, 0.15) is 47.9 Å². The molecule has 3 heteroatoms. The van der Waals surface area contributed by atoms with Gasteiger partial charge in [-0.25, -0.2) is 0 Å². The summed E-state index contributed by atoms with van der Waals surface area (Å²) in [6.45, 7) is 4.82. The second-order valence-electron chi connectivity index (χ2n) is 8.04. The van der Waals surface area contributed by atoms with Crippen LogP contribution in [0.4, 0.5) is 5.69 Å². The van der Waals surface area contributed by atoms with Crippen molar-refractivity contribution >= 4 is 11.6 Å². The fraction of sp³-hybridized carbons (Fsp3) is 0.269. The Bertz CT molecular complexity index is 1010. The predicted octanol–water partition coefficient (Wildman–Crippen LogP) is 5.57. The summed E-state index contributed by atoms with van der Waals surface area (Å²) in [5.41, 5.74) is 6.19. The number of rotatable bonds is 4. The Morgan fingerprint density at radius 2 is 1.34 bits per heavy atom. The summed E-state index contributed by atoms with van der Waals surface area (Å²) in [6.07, 6.45) is 0. The van der Waals surface area contributed by atoms with E-state index in [1.807, 2.05) is 31.2 Å². The van der Waals surface area contributed by atoms with Gasteiger partial charge in [-0.3, -0.25) is 4.79 Å². The average molecular weight is 383 g/mol. The number of fused-ring (bicyclic) bond motifs is 1. The lowest BCUT2D eigenvalue weighted by Crippen LogP contribution is -2.44. The van der Waals surface area contributed by atoms with E-state index >= 15 is 0 Å². The van der Waals surface area contributed by atoms with Gasteiger partial charge < -0.3 is 10.1 Å². The van der Waals surface area contributed by atoms with E-state index in [-0.39, 0.29) is 29.6 Å². The van der Waals surface area contributed by atoms with Gasteiger partial charge in [0.1, 0.15) is 5.75 Å². The third-order valence-corrected chi connectivity index (χ3v) is 6.52. The Morgan fingerprint density at radius 3 is 1.86 bits per heavy atom. The first-order valence-corrected chi connectivity index (χ1v) is 10.4. The van der Waals surface area contributed by atoms with Crippen LogP contribution in [0, 0.1) is 11.8 Å². The van der Waals surface area contributed by atoms with Crippen LogP contribution in [-0.2, 0) is 4.79 Å². The number of amides is 1. The second-order valence-corrected chi connectivity index (χ2v) is 8.04. The highest BCUT2D eigenvalue weighted by atomic mass is 16.5. The maximum absolute atomic E-state index is 13.5. The molecule has 2 bridgehead atoms. The van der Waals surface area contributed by atoms with Gasteiger partial charge in [0.05, 0.1) is 12.5 Å². The zero-order chi connectivity index (χ0) is 20.0. The zero-order valence-electron chi connectivity index (χ0n) is 16.8. The van der Waals surface area contributed by atoms with Crippen LogP contribution in [0.3, 0.4) is 0 Å². The molecule has 6 rings (SSSR count). The number of hydrogen-bond donors (Lipinski definition) is 1. The summed E-state index contributed by atoms with van der Waals surface area (Å²) in [7, 11) is 0. The Labute approximate surface area is 171 Å². The maximum Gasteiger partial charge on any atom is 0.228 e. The topological polar surface area (TPSA) is 38.3 Å². The monoisotopic (exact) mass is 383 g/mol. The van der Waals surface area contributed by atoms with Crippen molar-refractivity contribution in [3.8, 4) is 5.75 Å². The number of ether oxygens (including phenoxy) is 1. The van der Waals surface area contributed by atoms with Gasteiger partial charge in [-0.2, -0.15) is 0 Å². The Kier molecular flexibility index (Phi) is 4.39. The summed E-state index contributed by atoms with van der Waals surface area (Å²) >= 11 is 0. The van der Waals surface area contributed by atoms with Crippen molar-refractivity contribution in [1.29, 1.82) is 0 Å². The SMILES string of the molecule is CCOc1ccc(NC(=O)[C@@H]2C3c4ccccc4C(c4ccccc43)[C@@H]2C)cc1. The average Bonchev–Trinajstić information content (AvgIpc) is 2.75. The van der Waals surface area contributed by atoms with Crippen LogP contribution in [-0.4, -0.2) is 12.5 Å². The molecule has 0 fully saturated rings. The third-order valence-electron chi connectivity index (χ3n) is 6.52. The molecule has 3 aromatic rings. The summed E-state index contributed by atoms with van der Waals surface area (Å²) in [6, 6.07) is 24.9.